The van der Waals surface area contributed by atoms with Gasteiger partial charge in [0.25, 0.3) is 5.91 Å². The van der Waals surface area contributed by atoms with E-state index in [2.05, 4.69) is 35.6 Å². The van der Waals surface area contributed by atoms with Gasteiger partial charge in [-0.05, 0) is 43.3 Å². The van der Waals surface area contributed by atoms with Crippen molar-refractivity contribution in [1.82, 2.24) is 34.1 Å². The highest BCUT2D eigenvalue weighted by Crippen LogP contribution is 2.36. The average Bonchev–Trinajstić information content (AvgIpc) is 3.73. The number of rotatable bonds is 7. The van der Waals surface area contributed by atoms with Crippen LogP contribution in [0, 0.1) is 6.92 Å². The maximum absolute atomic E-state index is 14.0. The Morgan fingerprint density at radius 2 is 1.76 bits per heavy atom. The number of nitrogens with one attached hydrogen (secondary N) is 3. The first-order valence-electron chi connectivity index (χ1n) is 12.5. The first kappa shape index (κ1) is 26.6. The van der Waals surface area contributed by atoms with Gasteiger partial charge in [0.05, 0.1) is 23.7 Å². The molecule has 0 aliphatic heterocycles. The van der Waals surface area contributed by atoms with Gasteiger partial charge < -0.3 is 24.9 Å². The Balaban J connectivity index is 1.29. The SMILES string of the molecule is COc1cc(Nc2nccn2-c2ncnc3[nH]ccc23)cc(C(=O)Nc2ccc(-n3ccnc3C)c(C(F)(F)F)c2)c1. The summed E-state index contributed by atoms with van der Waals surface area (Å²) in [4.78, 5) is 33.2. The number of methoxy groups -OCH3 is 1. The van der Waals surface area contributed by atoms with Crippen LogP contribution in [-0.2, 0) is 6.18 Å². The van der Waals surface area contributed by atoms with Crippen LogP contribution in [-0.4, -0.2) is 47.1 Å². The number of carbonyl (C=O) groups is 1. The number of aryl methyl sites for hydroxylation is 1. The molecule has 0 atom stereocenters. The number of aromatic amines is 1. The lowest BCUT2D eigenvalue weighted by molar-refractivity contribution is -0.137. The van der Waals surface area contributed by atoms with Crippen LogP contribution in [0.5, 0.6) is 5.75 Å². The number of ether oxygens (including phenoxy) is 1. The van der Waals surface area contributed by atoms with Crippen molar-refractivity contribution < 1.29 is 22.7 Å². The molecule has 1 amide bonds. The van der Waals surface area contributed by atoms with E-state index in [1.807, 2.05) is 6.07 Å². The Hall–Kier alpha value is -5.66. The Kier molecular flexibility index (Phi) is 6.57. The number of fused-ring (bicyclic) bond motifs is 1. The number of halogens is 3. The molecule has 0 unspecified atom stereocenters. The van der Waals surface area contributed by atoms with Crippen molar-refractivity contribution in [2.45, 2.75) is 13.1 Å². The van der Waals surface area contributed by atoms with Gasteiger partial charge in [-0.25, -0.2) is 19.9 Å². The van der Waals surface area contributed by atoms with E-state index in [1.165, 1.54) is 54.7 Å². The zero-order valence-corrected chi connectivity index (χ0v) is 22.1. The van der Waals surface area contributed by atoms with Gasteiger partial charge in [-0.15, -0.1) is 0 Å². The van der Waals surface area contributed by atoms with Crippen molar-refractivity contribution in [3.8, 4) is 17.3 Å². The molecular formula is C28H22F3N9O2. The second-order valence-electron chi connectivity index (χ2n) is 9.16. The molecule has 2 aromatic carbocycles. The number of hydrogen-bond donors (Lipinski definition) is 3. The summed E-state index contributed by atoms with van der Waals surface area (Å²) in [6.07, 6.45) is 4.68. The highest BCUT2D eigenvalue weighted by Gasteiger charge is 2.34. The quantitative estimate of drug-likeness (QED) is 0.225. The number of benzene rings is 2. The Morgan fingerprint density at radius 1 is 0.952 bits per heavy atom. The van der Waals surface area contributed by atoms with E-state index in [9.17, 15) is 18.0 Å². The van der Waals surface area contributed by atoms with Crippen LogP contribution in [0.2, 0.25) is 0 Å². The molecule has 6 rings (SSSR count). The summed E-state index contributed by atoms with van der Waals surface area (Å²) in [6, 6.07) is 10.1. The van der Waals surface area contributed by atoms with E-state index >= 15 is 0 Å². The van der Waals surface area contributed by atoms with Crippen LogP contribution in [0.25, 0.3) is 22.5 Å². The van der Waals surface area contributed by atoms with Crippen LogP contribution in [0.1, 0.15) is 21.7 Å². The summed E-state index contributed by atoms with van der Waals surface area (Å²) in [5, 5.41) is 6.50. The first-order valence-corrected chi connectivity index (χ1v) is 12.5. The molecule has 0 aliphatic carbocycles. The van der Waals surface area contributed by atoms with Gasteiger partial charge in [-0.1, -0.05) is 0 Å². The predicted molar refractivity (Wildman–Crippen MR) is 149 cm³/mol. The van der Waals surface area contributed by atoms with Crippen LogP contribution >= 0.6 is 0 Å². The lowest BCUT2D eigenvalue weighted by Crippen LogP contribution is -2.15. The van der Waals surface area contributed by atoms with Gasteiger partial charge in [0.2, 0.25) is 5.95 Å². The number of imidazole rings is 2. The average molecular weight is 574 g/mol. The summed E-state index contributed by atoms with van der Waals surface area (Å²) >= 11 is 0. The lowest BCUT2D eigenvalue weighted by Gasteiger charge is -2.17. The van der Waals surface area contributed by atoms with Crippen molar-refractivity contribution in [3.63, 3.8) is 0 Å². The van der Waals surface area contributed by atoms with E-state index in [1.54, 1.807) is 36.1 Å². The number of hydrogen-bond acceptors (Lipinski definition) is 7. The van der Waals surface area contributed by atoms with E-state index in [0.29, 0.717) is 34.7 Å². The number of nitrogens with zero attached hydrogens (tertiary/aromatic N) is 6. The summed E-state index contributed by atoms with van der Waals surface area (Å²) in [6.45, 7) is 1.60. The van der Waals surface area contributed by atoms with Crippen molar-refractivity contribution in [2.75, 3.05) is 17.7 Å². The highest BCUT2D eigenvalue weighted by atomic mass is 19.4. The van der Waals surface area contributed by atoms with Crippen LogP contribution < -0.4 is 15.4 Å². The largest absolute Gasteiger partial charge is 0.497 e. The predicted octanol–water partition coefficient (Wildman–Crippen LogP) is 5.66. The number of amides is 1. The van der Waals surface area contributed by atoms with Crippen LogP contribution in [0.4, 0.5) is 30.5 Å². The molecular weight excluding hydrogens is 551 g/mol. The minimum Gasteiger partial charge on any atom is -0.497 e. The molecule has 14 heteroatoms. The number of H-pyrrole nitrogens is 1. The molecule has 0 spiro atoms. The number of carbonyl (C=O) groups excluding carboxylic acids is 1. The fraction of sp³-hybridized carbons (Fsp3) is 0.107. The maximum atomic E-state index is 14.0. The van der Waals surface area contributed by atoms with Gasteiger partial charge in [-0.3, -0.25) is 9.36 Å². The highest BCUT2D eigenvalue weighted by molar-refractivity contribution is 6.05. The van der Waals surface area contributed by atoms with Crippen molar-refractivity contribution >= 4 is 34.3 Å². The molecule has 0 fully saturated rings. The molecule has 6 aromatic rings. The third-order valence-corrected chi connectivity index (χ3v) is 6.51. The standard InChI is InChI=1S/C28H22F3N9O2/c1-16-32-7-9-39(16)23-4-3-18(14-22(23)28(29,30)31)37-26(41)17-11-19(13-20(12-17)42-2)38-27-34-8-10-40(27)25-21-5-6-33-24(21)35-15-36-25/h3-15H,1-2H3,(H,34,38)(H,37,41)(H,33,35,36). The summed E-state index contributed by atoms with van der Waals surface area (Å²) in [7, 11) is 1.44. The molecule has 3 N–H and O–H groups in total. The van der Waals surface area contributed by atoms with Gasteiger partial charge >= 0.3 is 6.18 Å². The molecule has 0 saturated carbocycles. The van der Waals surface area contributed by atoms with Crippen molar-refractivity contribution in [2.24, 2.45) is 0 Å². The van der Waals surface area contributed by atoms with E-state index in [4.69, 9.17) is 4.74 Å². The molecule has 0 bridgehead atoms. The van der Waals surface area contributed by atoms with E-state index in [0.717, 1.165) is 11.5 Å². The smallest absolute Gasteiger partial charge is 0.418 e. The monoisotopic (exact) mass is 573 g/mol. The third-order valence-electron chi connectivity index (χ3n) is 6.51. The van der Waals surface area contributed by atoms with Crippen LogP contribution in [0.3, 0.4) is 0 Å². The maximum Gasteiger partial charge on any atom is 0.418 e. The Labute approximate surface area is 236 Å². The van der Waals surface area contributed by atoms with E-state index < -0.39 is 17.6 Å². The van der Waals surface area contributed by atoms with Gasteiger partial charge in [0, 0.05) is 54.0 Å². The molecule has 0 saturated heterocycles. The normalized spacial score (nSPS) is 11.5. The van der Waals surface area contributed by atoms with Crippen LogP contribution in [0.15, 0.2) is 79.8 Å². The molecule has 42 heavy (non-hydrogen) atoms. The topological polar surface area (TPSA) is 128 Å². The molecule has 11 nitrogen and oxygen atoms in total. The van der Waals surface area contributed by atoms with E-state index in [-0.39, 0.29) is 16.9 Å². The lowest BCUT2D eigenvalue weighted by atomic mass is 10.1. The van der Waals surface area contributed by atoms with Gasteiger partial charge in [0.1, 0.15) is 23.5 Å². The summed E-state index contributed by atoms with van der Waals surface area (Å²) in [5.41, 5.74) is 0.214. The molecule has 212 valence electrons. The number of alkyl halides is 3. The zero-order valence-electron chi connectivity index (χ0n) is 22.1. The van der Waals surface area contributed by atoms with Gasteiger partial charge in [-0.2, -0.15) is 13.2 Å². The first-order chi connectivity index (χ1) is 20.2. The second kappa shape index (κ2) is 10.4. The second-order valence-corrected chi connectivity index (χ2v) is 9.16. The number of anilines is 3. The minimum absolute atomic E-state index is 0.0269. The third kappa shape index (κ3) is 5.00. The zero-order chi connectivity index (χ0) is 29.4. The molecule has 4 aromatic heterocycles. The Morgan fingerprint density at radius 3 is 2.52 bits per heavy atom. The Bertz CT molecular complexity index is 1920. The van der Waals surface area contributed by atoms with Crippen molar-refractivity contribution in [1.29, 1.82) is 0 Å². The molecule has 4 heterocycles. The minimum atomic E-state index is -4.67. The molecule has 0 aliphatic rings. The number of aromatic nitrogens is 7. The van der Waals surface area contributed by atoms with Gasteiger partial charge in [0.15, 0.2) is 5.82 Å². The summed E-state index contributed by atoms with van der Waals surface area (Å²) in [5.74, 6) is 1.09. The fourth-order valence-corrected chi connectivity index (χ4v) is 4.55. The fourth-order valence-electron chi connectivity index (χ4n) is 4.55. The van der Waals surface area contributed by atoms with Crippen molar-refractivity contribution in [3.05, 3.63) is 96.7 Å². The summed E-state index contributed by atoms with van der Waals surface area (Å²) < 4.78 is 50.4. The molecule has 0 radical (unpaired) electrons.